The molecule has 0 unspecified atom stereocenters. The molecule has 0 saturated carbocycles. The van der Waals surface area contributed by atoms with Crippen molar-refractivity contribution in [1.29, 1.82) is 0 Å². The van der Waals surface area contributed by atoms with Gasteiger partial charge in [-0.3, -0.25) is 9.52 Å². The van der Waals surface area contributed by atoms with Gasteiger partial charge in [0.2, 0.25) is 0 Å². The van der Waals surface area contributed by atoms with Gasteiger partial charge in [0.05, 0.1) is 27.7 Å². The number of hydrogen-bond donors (Lipinski definition) is 1. The summed E-state index contributed by atoms with van der Waals surface area (Å²) in [6.45, 7) is 3.71. The predicted molar refractivity (Wildman–Crippen MR) is 108 cm³/mol. The lowest BCUT2D eigenvalue weighted by Crippen LogP contribution is -2.43. The second-order valence-electron chi connectivity index (χ2n) is 6.86. The molecule has 1 fully saturated rings. The fraction of sp³-hybridized carbons (Fsp3) is 0.316. The molecule has 0 spiro atoms. The van der Waals surface area contributed by atoms with Crippen molar-refractivity contribution in [3.8, 4) is 0 Å². The Balaban J connectivity index is 1.90. The smallest absolute Gasteiger partial charge is 0.262 e. The number of sulfonamides is 1. The molecule has 0 radical (unpaired) electrons. The molecule has 3 rings (SSSR count). The first-order valence-electron chi connectivity index (χ1n) is 8.78. The highest BCUT2D eigenvalue weighted by Gasteiger charge is 2.28. The van der Waals surface area contributed by atoms with E-state index in [1.807, 2.05) is 6.07 Å². The SMILES string of the molecule is Cc1ccc(C)c(S(=O)(=O)Nc2ccccc2C(=O)N2CCS(=O)(=O)CC2)c1. The highest BCUT2D eigenvalue weighted by atomic mass is 32.2. The zero-order valence-electron chi connectivity index (χ0n) is 15.7. The van der Waals surface area contributed by atoms with Gasteiger partial charge in [0.1, 0.15) is 0 Å². The van der Waals surface area contributed by atoms with E-state index in [0.29, 0.717) is 5.56 Å². The standard InChI is InChI=1S/C19H22N2O5S2/c1-14-7-8-15(2)18(13-14)28(25,26)20-17-6-4-3-5-16(17)19(22)21-9-11-27(23,24)12-10-21/h3-8,13,20H,9-12H2,1-2H3. The maximum Gasteiger partial charge on any atom is 0.262 e. The molecule has 7 nitrogen and oxygen atoms in total. The van der Waals surface area contributed by atoms with E-state index in [-0.39, 0.29) is 40.7 Å². The van der Waals surface area contributed by atoms with E-state index in [9.17, 15) is 21.6 Å². The van der Waals surface area contributed by atoms with Crippen molar-refractivity contribution < 1.29 is 21.6 Å². The Bertz CT molecular complexity index is 1110. The second kappa shape index (κ2) is 7.56. The van der Waals surface area contributed by atoms with Gasteiger partial charge < -0.3 is 4.90 Å². The minimum absolute atomic E-state index is 0.0882. The lowest BCUT2D eigenvalue weighted by Gasteiger charge is -2.27. The largest absolute Gasteiger partial charge is 0.337 e. The van der Waals surface area contributed by atoms with Crippen LogP contribution in [0.2, 0.25) is 0 Å². The van der Waals surface area contributed by atoms with E-state index in [1.54, 1.807) is 38.1 Å². The predicted octanol–water partition coefficient (Wildman–Crippen LogP) is 1.97. The summed E-state index contributed by atoms with van der Waals surface area (Å²) < 4.78 is 51.5. The number of benzene rings is 2. The van der Waals surface area contributed by atoms with E-state index >= 15 is 0 Å². The fourth-order valence-corrected chi connectivity index (χ4v) is 5.65. The molecule has 1 N–H and O–H groups in total. The molecule has 0 aliphatic carbocycles. The molecule has 1 aliphatic heterocycles. The number of nitrogens with zero attached hydrogens (tertiary/aromatic N) is 1. The Kier molecular flexibility index (Phi) is 5.49. The molecule has 1 amide bonds. The van der Waals surface area contributed by atoms with Crippen LogP contribution >= 0.6 is 0 Å². The van der Waals surface area contributed by atoms with E-state index in [0.717, 1.165) is 5.56 Å². The summed E-state index contributed by atoms with van der Waals surface area (Å²) >= 11 is 0. The van der Waals surface area contributed by atoms with Crippen molar-refractivity contribution in [3.05, 3.63) is 59.2 Å². The van der Waals surface area contributed by atoms with Gasteiger partial charge in [0, 0.05) is 13.1 Å². The molecule has 9 heteroatoms. The first-order valence-corrected chi connectivity index (χ1v) is 12.1. The number of sulfone groups is 1. The van der Waals surface area contributed by atoms with Crippen LogP contribution in [0.25, 0.3) is 0 Å². The van der Waals surface area contributed by atoms with Crippen LogP contribution in [0.15, 0.2) is 47.4 Å². The van der Waals surface area contributed by atoms with Crippen molar-refractivity contribution >= 4 is 31.5 Å². The summed E-state index contributed by atoms with van der Waals surface area (Å²) in [7, 11) is -7.01. The molecule has 0 aromatic heterocycles. The van der Waals surface area contributed by atoms with Crippen molar-refractivity contribution in [2.45, 2.75) is 18.7 Å². The Hall–Kier alpha value is -2.39. The molecule has 1 aliphatic rings. The summed E-state index contributed by atoms with van der Waals surface area (Å²) in [6.07, 6.45) is 0. The van der Waals surface area contributed by atoms with Gasteiger partial charge in [-0.1, -0.05) is 24.3 Å². The molecule has 1 saturated heterocycles. The maximum atomic E-state index is 12.9. The van der Waals surface area contributed by atoms with Gasteiger partial charge in [0.15, 0.2) is 9.84 Å². The molecule has 28 heavy (non-hydrogen) atoms. The van der Waals surface area contributed by atoms with E-state index < -0.39 is 25.8 Å². The molecular formula is C19H22N2O5S2. The Morgan fingerprint density at radius 3 is 2.36 bits per heavy atom. The third-order valence-electron chi connectivity index (χ3n) is 4.67. The van der Waals surface area contributed by atoms with E-state index in [1.165, 1.54) is 17.0 Å². The van der Waals surface area contributed by atoms with Crippen molar-refractivity contribution in [1.82, 2.24) is 4.90 Å². The molecule has 1 heterocycles. The Labute approximate surface area is 165 Å². The van der Waals surface area contributed by atoms with Gasteiger partial charge in [-0.15, -0.1) is 0 Å². The number of amides is 1. The highest BCUT2D eigenvalue weighted by Crippen LogP contribution is 2.24. The van der Waals surface area contributed by atoms with Crippen molar-refractivity contribution in [2.75, 3.05) is 29.3 Å². The van der Waals surface area contributed by atoms with Crippen LogP contribution in [-0.4, -0.2) is 52.2 Å². The fourth-order valence-electron chi connectivity index (χ4n) is 3.04. The maximum absolute atomic E-state index is 12.9. The number of hydrogen-bond acceptors (Lipinski definition) is 5. The Morgan fingerprint density at radius 2 is 1.68 bits per heavy atom. The lowest BCUT2D eigenvalue weighted by atomic mass is 10.1. The number of carbonyl (C=O) groups excluding carboxylic acids is 1. The van der Waals surface area contributed by atoms with Gasteiger partial charge in [-0.05, 0) is 43.2 Å². The average Bonchev–Trinajstić information content (AvgIpc) is 2.63. The zero-order valence-corrected chi connectivity index (χ0v) is 17.3. The number of rotatable bonds is 4. The van der Waals surface area contributed by atoms with E-state index in [4.69, 9.17) is 0 Å². The molecular weight excluding hydrogens is 400 g/mol. The summed E-state index contributed by atoms with van der Waals surface area (Å²) in [5.74, 6) is -0.571. The van der Waals surface area contributed by atoms with Gasteiger partial charge in [0.25, 0.3) is 15.9 Å². The van der Waals surface area contributed by atoms with Crippen LogP contribution in [0, 0.1) is 13.8 Å². The number of aryl methyl sites for hydroxylation is 2. The average molecular weight is 423 g/mol. The molecule has 0 atom stereocenters. The van der Waals surface area contributed by atoms with Crippen LogP contribution in [0.5, 0.6) is 0 Å². The quantitative estimate of drug-likeness (QED) is 0.812. The first-order chi connectivity index (χ1) is 13.1. The highest BCUT2D eigenvalue weighted by molar-refractivity contribution is 7.92. The molecule has 150 valence electrons. The second-order valence-corrected chi connectivity index (χ2v) is 10.8. The number of nitrogens with one attached hydrogen (secondary N) is 1. The van der Waals surface area contributed by atoms with Crippen LogP contribution in [0.3, 0.4) is 0 Å². The number of carbonyl (C=O) groups is 1. The Morgan fingerprint density at radius 1 is 1.04 bits per heavy atom. The van der Waals surface area contributed by atoms with Gasteiger partial charge in [-0.2, -0.15) is 0 Å². The lowest BCUT2D eigenvalue weighted by molar-refractivity contribution is 0.0771. The zero-order chi connectivity index (χ0) is 20.5. The minimum atomic E-state index is -3.89. The topological polar surface area (TPSA) is 101 Å². The van der Waals surface area contributed by atoms with Crippen LogP contribution in [0.4, 0.5) is 5.69 Å². The van der Waals surface area contributed by atoms with Crippen LogP contribution < -0.4 is 4.72 Å². The first kappa shape index (κ1) is 20.3. The summed E-state index contributed by atoms with van der Waals surface area (Å²) in [5.41, 5.74) is 1.77. The number of para-hydroxylation sites is 1. The number of anilines is 1. The summed E-state index contributed by atoms with van der Waals surface area (Å²) in [5, 5.41) is 0. The van der Waals surface area contributed by atoms with Crippen LogP contribution in [0.1, 0.15) is 21.5 Å². The van der Waals surface area contributed by atoms with E-state index in [2.05, 4.69) is 4.72 Å². The van der Waals surface area contributed by atoms with Crippen molar-refractivity contribution in [3.63, 3.8) is 0 Å². The van der Waals surface area contributed by atoms with Crippen LogP contribution in [-0.2, 0) is 19.9 Å². The summed E-state index contributed by atoms with van der Waals surface area (Å²) in [4.78, 5) is 14.5. The van der Waals surface area contributed by atoms with Gasteiger partial charge >= 0.3 is 0 Å². The minimum Gasteiger partial charge on any atom is -0.337 e. The monoisotopic (exact) mass is 422 g/mol. The van der Waals surface area contributed by atoms with Crippen molar-refractivity contribution in [2.24, 2.45) is 0 Å². The molecule has 0 bridgehead atoms. The molecule has 2 aromatic carbocycles. The third-order valence-corrected chi connectivity index (χ3v) is 7.78. The molecule has 2 aromatic rings. The third kappa shape index (κ3) is 4.36. The normalized spacial score (nSPS) is 16.6. The summed E-state index contributed by atoms with van der Waals surface area (Å²) in [6, 6.07) is 11.5. The van der Waals surface area contributed by atoms with Gasteiger partial charge in [-0.25, -0.2) is 16.8 Å².